The van der Waals surface area contributed by atoms with Crippen molar-refractivity contribution in [3.63, 3.8) is 0 Å². The monoisotopic (exact) mass is 210 g/mol. The quantitative estimate of drug-likeness (QED) is 0.581. The van der Waals surface area contributed by atoms with Crippen LogP contribution in [0.2, 0.25) is 0 Å². The molecule has 0 aliphatic heterocycles. The maximum Gasteiger partial charge on any atom is 0.122 e. The molecule has 0 aliphatic rings. The largest absolute Gasteiger partial charge is 0.384 e. The molecule has 16 heavy (non-hydrogen) atoms. The maximum atomic E-state index is 7.33. The fraction of sp³-hybridized carbons (Fsp3) is 0.0714. The Balaban J connectivity index is 2.43. The predicted octanol–water partition coefficient (Wildman–Crippen LogP) is 2.95. The van der Waals surface area contributed by atoms with E-state index in [0.717, 1.165) is 11.1 Å². The van der Waals surface area contributed by atoms with Crippen LogP contribution >= 0.6 is 0 Å². The van der Waals surface area contributed by atoms with Gasteiger partial charge in [0.1, 0.15) is 5.84 Å². The van der Waals surface area contributed by atoms with Gasteiger partial charge >= 0.3 is 0 Å². The Morgan fingerprint density at radius 1 is 1.00 bits per heavy atom. The molecule has 0 aromatic heterocycles. The Kier molecular flexibility index (Phi) is 2.73. The molecule has 2 aromatic rings. The smallest absolute Gasteiger partial charge is 0.122 e. The lowest BCUT2D eigenvalue weighted by Gasteiger charge is -2.06. The van der Waals surface area contributed by atoms with E-state index in [1.807, 2.05) is 36.4 Å². The summed E-state index contributed by atoms with van der Waals surface area (Å²) in [5.41, 5.74) is 9.80. The average Bonchev–Trinajstić information content (AvgIpc) is 2.30. The zero-order valence-electron chi connectivity index (χ0n) is 9.20. The summed E-state index contributed by atoms with van der Waals surface area (Å²) < 4.78 is 0. The van der Waals surface area contributed by atoms with Gasteiger partial charge in [-0.25, -0.2) is 0 Å². The minimum absolute atomic E-state index is 0.108. The molecule has 0 bridgehead atoms. The van der Waals surface area contributed by atoms with Crippen molar-refractivity contribution in [3.05, 3.63) is 59.7 Å². The molecule has 80 valence electrons. The summed E-state index contributed by atoms with van der Waals surface area (Å²) in [7, 11) is 0. The molecule has 0 saturated heterocycles. The van der Waals surface area contributed by atoms with Crippen molar-refractivity contribution >= 4 is 5.84 Å². The molecule has 0 radical (unpaired) electrons. The number of hydrogen-bond acceptors (Lipinski definition) is 1. The van der Waals surface area contributed by atoms with Gasteiger partial charge in [0.15, 0.2) is 0 Å². The van der Waals surface area contributed by atoms with Crippen molar-refractivity contribution in [3.8, 4) is 11.1 Å². The number of rotatable bonds is 2. The molecule has 0 amide bonds. The zero-order valence-corrected chi connectivity index (χ0v) is 9.20. The molecule has 2 rings (SSSR count). The summed E-state index contributed by atoms with van der Waals surface area (Å²) in [6, 6.07) is 16.0. The molecule has 0 spiro atoms. The van der Waals surface area contributed by atoms with E-state index >= 15 is 0 Å². The van der Waals surface area contributed by atoms with Crippen LogP contribution in [0.3, 0.4) is 0 Å². The van der Waals surface area contributed by atoms with Gasteiger partial charge in [-0.15, -0.1) is 0 Å². The highest BCUT2D eigenvalue weighted by molar-refractivity contribution is 5.95. The Hall–Kier alpha value is -2.09. The Labute approximate surface area is 95.2 Å². The lowest BCUT2D eigenvalue weighted by Crippen LogP contribution is -2.10. The zero-order chi connectivity index (χ0) is 11.5. The minimum atomic E-state index is 0.108. The van der Waals surface area contributed by atoms with Gasteiger partial charge in [0.25, 0.3) is 0 Å². The van der Waals surface area contributed by atoms with Crippen LogP contribution in [-0.4, -0.2) is 5.84 Å². The third kappa shape index (κ3) is 1.96. The second kappa shape index (κ2) is 4.19. The van der Waals surface area contributed by atoms with Crippen LogP contribution in [0.15, 0.2) is 48.5 Å². The van der Waals surface area contributed by atoms with Crippen LogP contribution in [0.1, 0.15) is 11.1 Å². The Bertz CT molecular complexity index is 513. The van der Waals surface area contributed by atoms with Crippen LogP contribution in [0.4, 0.5) is 0 Å². The van der Waals surface area contributed by atoms with Gasteiger partial charge in [-0.05, 0) is 23.6 Å². The standard InChI is InChI=1S/C14H14N2/c1-10-4-2-3-5-13(10)11-6-8-12(9-7-11)14(15)16/h2-9H,1H3,(H3,15,16). The van der Waals surface area contributed by atoms with Crippen LogP contribution in [0, 0.1) is 12.3 Å². The van der Waals surface area contributed by atoms with Crippen molar-refractivity contribution in [1.29, 1.82) is 5.41 Å². The molecule has 2 aromatic carbocycles. The lowest BCUT2D eigenvalue weighted by atomic mass is 9.99. The predicted molar refractivity (Wildman–Crippen MR) is 67.6 cm³/mol. The van der Waals surface area contributed by atoms with E-state index in [2.05, 4.69) is 19.1 Å². The molecular formula is C14H14N2. The van der Waals surface area contributed by atoms with Crippen molar-refractivity contribution in [2.45, 2.75) is 6.92 Å². The fourth-order valence-corrected chi connectivity index (χ4v) is 1.73. The van der Waals surface area contributed by atoms with Gasteiger partial charge in [0, 0.05) is 5.56 Å². The number of nitrogens with two attached hydrogens (primary N) is 1. The summed E-state index contributed by atoms with van der Waals surface area (Å²) in [5.74, 6) is 0.108. The highest BCUT2D eigenvalue weighted by Crippen LogP contribution is 2.23. The molecule has 3 N–H and O–H groups in total. The Morgan fingerprint density at radius 2 is 1.62 bits per heavy atom. The van der Waals surface area contributed by atoms with Crippen molar-refractivity contribution in [1.82, 2.24) is 0 Å². The topological polar surface area (TPSA) is 49.9 Å². The van der Waals surface area contributed by atoms with Gasteiger partial charge < -0.3 is 5.73 Å². The highest BCUT2D eigenvalue weighted by Gasteiger charge is 2.01. The van der Waals surface area contributed by atoms with Gasteiger partial charge in [0.05, 0.1) is 0 Å². The van der Waals surface area contributed by atoms with E-state index in [4.69, 9.17) is 11.1 Å². The summed E-state index contributed by atoms with van der Waals surface area (Å²) >= 11 is 0. The van der Waals surface area contributed by atoms with E-state index in [1.54, 1.807) is 0 Å². The van der Waals surface area contributed by atoms with Gasteiger partial charge in [-0.2, -0.15) is 0 Å². The van der Waals surface area contributed by atoms with Crippen LogP contribution in [0.5, 0.6) is 0 Å². The third-order valence-corrected chi connectivity index (χ3v) is 2.65. The summed E-state index contributed by atoms with van der Waals surface area (Å²) in [6.45, 7) is 2.09. The van der Waals surface area contributed by atoms with Gasteiger partial charge in [-0.1, -0.05) is 48.5 Å². The number of amidine groups is 1. The number of benzene rings is 2. The van der Waals surface area contributed by atoms with E-state index in [1.165, 1.54) is 11.1 Å². The lowest BCUT2D eigenvalue weighted by molar-refractivity contribution is 1.42. The van der Waals surface area contributed by atoms with Crippen LogP contribution in [-0.2, 0) is 0 Å². The van der Waals surface area contributed by atoms with E-state index in [0.29, 0.717) is 0 Å². The second-order valence-electron chi connectivity index (χ2n) is 3.81. The average molecular weight is 210 g/mol. The molecule has 2 heteroatoms. The minimum Gasteiger partial charge on any atom is -0.384 e. The third-order valence-electron chi connectivity index (χ3n) is 2.65. The normalized spacial score (nSPS) is 10.1. The van der Waals surface area contributed by atoms with E-state index in [-0.39, 0.29) is 5.84 Å². The first-order chi connectivity index (χ1) is 7.68. The number of hydrogen-bond donors (Lipinski definition) is 2. The fourth-order valence-electron chi connectivity index (χ4n) is 1.73. The molecule has 0 unspecified atom stereocenters. The first-order valence-electron chi connectivity index (χ1n) is 5.19. The summed E-state index contributed by atoms with van der Waals surface area (Å²) in [4.78, 5) is 0. The first kappa shape index (κ1) is 10.4. The molecule has 0 atom stereocenters. The molecule has 0 fully saturated rings. The molecule has 2 nitrogen and oxygen atoms in total. The van der Waals surface area contributed by atoms with E-state index in [9.17, 15) is 0 Å². The summed E-state index contributed by atoms with van der Waals surface area (Å²) in [6.07, 6.45) is 0. The second-order valence-corrected chi connectivity index (χ2v) is 3.81. The first-order valence-corrected chi connectivity index (χ1v) is 5.19. The molecule has 0 aliphatic carbocycles. The number of aryl methyl sites for hydroxylation is 1. The van der Waals surface area contributed by atoms with Crippen molar-refractivity contribution < 1.29 is 0 Å². The SMILES string of the molecule is Cc1ccccc1-c1ccc(C(=N)N)cc1. The number of nitrogens with one attached hydrogen (secondary N) is 1. The van der Waals surface area contributed by atoms with Crippen LogP contribution in [0.25, 0.3) is 11.1 Å². The maximum absolute atomic E-state index is 7.33. The highest BCUT2D eigenvalue weighted by atomic mass is 14.7. The number of nitrogen functional groups attached to an aromatic ring is 1. The molecule has 0 saturated carbocycles. The van der Waals surface area contributed by atoms with Crippen LogP contribution < -0.4 is 5.73 Å². The summed E-state index contributed by atoms with van der Waals surface area (Å²) in [5, 5.41) is 7.33. The van der Waals surface area contributed by atoms with Crippen molar-refractivity contribution in [2.24, 2.45) is 5.73 Å². The molecule has 0 heterocycles. The Morgan fingerprint density at radius 3 is 2.19 bits per heavy atom. The van der Waals surface area contributed by atoms with Gasteiger partial charge in [-0.3, -0.25) is 5.41 Å². The van der Waals surface area contributed by atoms with Crippen molar-refractivity contribution in [2.75, 3.05) is 0 Å². The van der Waals surface area contributed by atoms with Gasteiger partial charge in [0.2, 0.25) is 0 Å². The van der Waals surface area contributed by atoms with E-state index < -0.39 is 0 Å². The molecular weight excluding hydrogens is 196 g/mol.